The molecule has 162 valence electrons. The van der Waals surface area contributed by atoms with Crippen LogP contribution in [0.4, 0.5) is 5.69 Å². The summed E-state index contributed by atoms with van der Waals surface area (Å²) in [7, 11) is 0. The predicted octanol–water partition coefficient (Wildman–Crippen LogP) is 5.37. The number of anilines is 1. The van der Waals surface area contributed by atoms with E-state index in [1.807, 2.05) is 12.1 Å². The van der Waals surface area contributed by atoms with Crippen molar-refractivity contribution in [1.29, 1.82) is 0 Å². The quantitative estimate of drug-likeness (QED) is 0.590. The van der Waals surface area contributed by atoms with Crippen LogP contribution in [0.3, 0.4) is 0 Å². The third kappa shape index (κ3) is 6.77. The highest BCUT2D eigenvalue weighted by molar-refractivity contribution is 6.43. The third-order valence-corrected chi connectivity index (χ3v) is 7.28. The fourth-order valence-corrected chi connectivity index (χ4v) is 4.96. The molecule has 0 radical (unpaired) electrons. The number of carbonyl (C=O) groups excluding carboxylic acids is 1. The van der Waals surface area contributed by atoms with Gasteiger partial charge in [0.25, 0.3) is 0 Å². The number of hydrogen-bond acceptors (Lipinski definition) is 3. The number of piperazine rings is 1. The Balaban J connectivity index is 1.33. The molecule has 1 amide bonds. The van der Waals surface area contributed by atoms with E-state index >= 15 is 0 Å². The van der Waals surface area contributed by atoms with Crippen LogP contribution in [0.1, 0.15) is 58.3 Å². The van der Waals surface area contributed by atoms with Gasteiger partial charge in [-0.05, 0) is 63.1 Å². The lowest BCUT2D eigenvalue weighted by Gasteiger charge is -2.37. The maximum absolute atomic E-state index is 11.9. The number of unbranched alkanes of at least 4 members (excludes halogenated alkanes) is 1. The first-order valence-electron chi connectivity index (χ1n) is 11.3. The van der Waals surface area contributed by atoms with Crippen molar-refractivity contribution in [3.05, 3.63) is 28.2 Å². The van der Waals surface area contributed by atoms with Gasteiger partial charge < -0.3 is 10.2 Å². The highest BCUT2D eigenvalue weighted by atomic mass is 35.5. The molecule has 0 bridgehead atoms. The molecule has 0 atom stereocenters. The van der Waals surface area contributed by atoms with Gasteiger partial charge >= 0.3 is 0 Å². The summed E-state index contributed by atoms with van der Waals surface area (Å²) in [5.41, 5.74) is 1.05. The minimum absolute atomic E-state index is 0.243. The van der Waals surface area contributed by atoms with Crippen molar-refractivity contribution in [2.24, 2.45) is 5.92 Å². The average molecular weight is 440 g/mol. The van der Waals surface area contributed by atoms with Crippen LogP contribution >= 0.6 is 23.2 Å². The van der Waals surface area contributed by atoms with E-state index in [0.29, 0.717) is 22.5 Å². The van der Waals surface area contributed by atoms with Crippen molar-refractivity contribution < 1.29 is 4.79 Å². The van der Waals surface area contributed by atoms with Crippen molar-refractivity contribution >= 4 is 34.8 Å². The predicted molar refractivity (Wildman–Crippen MR) is 123 cm³/mol. The van der Waals surface area contributed by atoms with E-state index in [1.165, 1.54) is 25.8 Å². The van der Waals surface area contributed by atoms with Crippen LogP contribution in [0.15, 0.2) is 18.2 Å². The van der Waals surface area contributed by atoms with Crippen molar-refractivity contribution in [2.45, 2.75) is 64.3 Å². The summed E-state index contributed by atoms with van der Waals surface area (Å²) >= 11 is 12.5. The Labute approximate surface area is 185 Å². The van der Waals surface area contributed by atoms with Crippen LogP contribution in [0.25, 0.3) is 0 Å². The van der Waals surface area contributed by atoms with E-state index in [2.05, 4.69) is 28.1 Å². The first-order valence-corrected chi connectivity index (χ1v) is 12.0. The van der Waals surface area contributed by atoms with Crippen molar-refractivity contribution in [1.82, 2.24) is 10.2 Å². The van der Waals surface area contributed by atoms with E-state index in [-0.39, 0.29) is 5.91 Å². The van der Waals surface area contributed by atoms with Gasteiger partial charge in [-0.1, -0.05) is 42.6 Å². The molecule has 1 aliphatic heterocycles. The number of benzene rings is 1. The summed E-state index contributed by atoms with van der Waals surface area (Å²) in [4.78, 5) is 16.8. The molecule has 1 saturated heterocycles. The molecule has 1 aliphatic carbocycles. The first kappa shape index (κ1) is 22.7. The second-order valence-electron chi connectivity index (χ2n) is 8.58. The summed E-state index contributed by atoms with van der Waals surface area (Å²) in [6, 6.07) is 6.28. The number of nitrogens with zero attached hydrogens (tertiary/aromatic N) is 2. The SMILES string of the molecule is CCCCC(=O)N[C@H]1CC[C@H](CCN2CCN(c3cccc(Cl)c3Cl)CC2)CC1. The van der Waals surface area contributed by atoms with Gasteiger partial charge in [0.2, 0.25) is 5.91 Å². The smallest absolute Gasteiger partial charge is 0.220 e. The third-order valence-electron chi connectivity index (χ3n) is 6.47. The van der Waals surface area contributed by atoms with Crippen LogP contribution < -0.4 is 10.2 Å². The minimum atomic E-state index is 0.243. The Kier molecular flexibility index (Phi) is 8.95. The molecule has 4 nitrogen and oxygen atoms in total. The van der Waals surface area contributed by atoms with Gasteiger partial charge in [-0.25, -0.2) is 0 Å². The Morgan fingerprint density at radius 3 is 2.52 bits per heavy atom. The number of amides is 1. The molecule has 0 spiro atoms. The van der Waals surface area contributed by atoms with E-state index in [1.54, 1.807) is 0 Å². The summed E-state index contributed by atoms with van der Waals surface area (Å²) in [6.45, 7) is 7.45. The molecule has 0 aromatic heterocycles. The van der Waals surface area contributed by atoms with Crippen molar-refractivity contribution in [2.75, 3.05) is 37.6 Å². The zero-order valence-corrected chi connectivity index (χ0v) is 19.1. The molecule has 29 heavy (non-hydrogen) atoms. The molecular weight excluding hydrogens is 405 g/mol. The summed E-state index contributed by atoms with van der Waals surface area (Å²) < 4.78 is 0. The van der Waals surface area contributed by atoms with Crippen LogP contribution in [0.5, 0.6) is 0 Å². The van der Waals surface area contributed by atoms with Gasteiger partial charge in [0, 0.05) is 38.6 Å². The van der Waals surface area contributed by atoms with E-state index in [9.17, 15) is 4.79 Å². The molecule has 0 unspecified atom stereocenters. The van der Waals surface area contributed by atoms with E-state index in [4.69, 9.17) is 23.2 Å². The topological polar surface area (TPSA) is 35.6 Å². The van der Waals surface area contributed by atoms with Crippen LogP contribution in [0.2, 0.25) is 10.0 Å². The molecule has 2 fully saturated rings. The molecule has 2 aliphatic rings. The normalized spacial score (nSPS) is 23.2. The highest BCUT2D eigenvalue weighted by Gasteiger charge is 2.24. The van der Waals surface area contributed by atoms with E-state index < -0.39 is 0 Å². The number of hydrogen-bond donors (Lipinski definition) is 1. The molecule has 3 rings (SSSR count). The lowest BCUT2D eigenvalue weighted by Crippen LogP contribution is -2.47. The van der Waals surface area contributed by atoms with Gasteiger partial charge in [-0.2, -0.15) is 0 Å². The van der Waals surface area contributed by atoms with Crippen molar-refractivity contribution in [3.63, 3.8) is 0 Å². The standard InChI is InChI=1S/C23H35Cl2N3O/c1-2-3-7-22(29)26-19-10-8-18(9-11-19)12-13-27-14-16-28(17-15-27)21-6-4-5-20(24)23(21)25/h4-6,18-19H,2-3,7-17H2,1H3,(H,26,29)/t18-,19-. The van der Waals surface area contributed by atoms with Gasteiger partial charge in [-0.3, -0.25) is 9.69 Å². The van der Waals surface area contributed by atoms with Crippen LogP contribution in [0, 0.1) is 5.92 Å². The number of halogens is 2. The Hall–Kier alpha value is -0.970. The summed E-state index contributed by atoms with van der Waals surface area (Å²) in [6.07, 6.45) is 8.82. The largest absolute Gasteiger partial charge is 0.368 e. The Morgan fingerprint density at radius 1 is 1.10 bits per heavy atom. The zero-order chi connectivity index (χ0) is 20.6. The van der Waals surface area contributed by atoms with E-state index in [0.717, 1.165) is 63.5 Å². The van der Waals surface area contributed by atoms with Gasteiger partial charge in [-0.15, -0.1) is 0 Å². The summed E-state index contributed by atoms with van der Waals surface area (Å²) in [5, 5.41) is 4.53. The maximum Gasteiger partial charge on any atom is 0.220 e. The minimum Gasteiger partial charge on any atom is -0.368 e. The highest BCUT2D eigenvalue weighted by Crippen LogP contribution is 2.33. The van der Waals surface area contributed by atoms with Gasteiger partial charge in [0.05, 0.1) is 15.7 Å². The first-order chi connectivity index (χ1) is 14.1. The maximum atomic E-state index is 11.9. The van der Waals surface area contributed by atoms with Crippen molar-refractivity contribution in [3.8, 4) is 0 Å². The summed E-state index contributed by atoms with van der Waals surface area (Å²) in [5.74, 6) is 1.05. The van der Waals surface area contributed by atoms with Crippen LogP contribution in [-0.4, -0.2) is 49.6 Å². The number of carbonyl (C=O) groups is 1. The average Bonchev–Trinajstić information content (AvgIpc) is 2.74. The monoisotopic (exact) mass is 439 g/mol. The number of rotatable bonds is 8. The Bertz CT molecular complexity index is 654. The van der Waals surface area contributed by atoms with Gasteiger partial charge in [0.15, 0.2) is 0 Å². The lowest BCUT2D eigenvalue weighted by atomic mass is 9.84. The molecular formula is C23H35Cl2N3O. The fraction of sp³-hybridized carbons (Fsp3) is 0.696. The number of nitrogens with one attached hydrogen (secondary N) is 1. The van der Waals surface area contributed by atoms with Crippen LogP contribution in [-0.2, 0) is 4.79 Å². The second-order valence-corrected chi connectivity index (χ2v) is 9.36. The second kappa shape index (κ2) is 11.4. The lowest BCUT2D eigenvalue weighted by molar-refractivity contribution is -0.122. The molecule has 1 aromatic carbocycles. The molecule has 1 N–H and O–H groups in total. The molecule has 1 heterocycles. The molecule has 6 heteroatoms. The zero-order valence-electron chi connectivity index (χ0n) is 17.6. The fourth-order valence-electron chi connectivity index (χ4n) is 4.55. The Morgan fingerprint density at radius 2 is 1.83 bits per heavy atom. The molecule has 1 saturated carbocycles. The molecule has 1 aromatic rings. The van der Waals surface area contributed by atoms with Gasteiger partial charge in [0.1, 0.15) is 0 Å².